The molecule has 0 unspecified atom stereocenters. The molecule has 0 saturated heterocycles. The quantitative estimate of drug-likeness (QED) is 0.536. The Morgan fingerprint density at radius 3 is 2.71 bits per heavy atom. The average molecular weight is 276 g/mol. The van der Waals surface area contributed by atoms with E-state index in [1.54, 1.807) is 18.2 Å². The van der Waals surface area contributed by atoms with E-state index in [4.69, 9.17) is 0 Å². The molecule has 4 nitrogen and oxygen atoms in total. The number of rotatable bonds is 1. The maximum Gasteiger partial charge on any atom is 0.266 e. The molecule has 0 spiro atoms. The lowest BCUT2D eigenvalue weighted by molar-refractivity contribution is 0.103. The normalized spacial score (nSPS) is 12.5. The van der Waals surface area contributed by atoms with Gasteiger partial charge in [-0.25, -0.2) is 4.98 Å². The van der Waals surface area contributed by atoms with Crippen LogP contribution in [0, 0.1) is 0 Å². The largest absolute Gasteiger partial charge is 0.285 e. The van der Waals surface area contributed by atoms with E-state index in [-0.39, 0.29) is 17.2 Å². The van der Waals surface area contributed by atoms with Crippen molar-refractivity contribution < 1.29 is 4.79 Å². The van der Waals surface area contributed by atoms with Gasteiger partial charge in [0, 0.05) is 0 Å². The molecule has 4 heteroatoms. The van der Waals surface area contributed by atoms with Crippen molar-refractivity contribution in [3.8, 4) is 5.69 Å². The Morgan fingerprint density at radius 2 is 1.90 bits per heavy atom. The second kappa shape index (κ2) is 4.12. The zero-order valence-corrected chi connectivity index (χ0v) is 11.5. The first-order valence-electron chi connectivity index (χ1n) is 6.90. The third-order valence-corrected chi connectivity index (χ3v) is 3.93. The summed E-state index contributed by atoms with van der Waals surface area (Å²) in [6.07, 6.45) is 0.848. The smallest absolute Gasteiger partial charge is 0.266 e. The molecule has 0 N–H and O–H groups in total. The Hall–Kier alpha value is -2.75. The van der Waals surface area contributed by atoms with Crippen molar-refractivity contribution in [3.63, 3.8) is 0 Å². The Morgan fingerprint density at radius 1 is 1.10 bits per heavy atom. The van der Waals surface area contributed by atoms with Gasteiger partial charge < -0.3 is 0 Å². The Kier molecular flexibility index (Phi) is 2.36. The van der Waals surface area contributed by atoms with Crippen molar-refractivity contribution in [1.29, 1.82) is 0 Å². The molecule has 0 saturated carbocycles. The van der Waals surface area contributed by atoms with Crippen LogP contribution >= 0.6 is 0 Å². The molecule has 0 atom stereocenters. The number of aryl methyl sites for hydroxylation is 1. The fourth-order valence-corrected chi connectivity index (χ4v) is 2.81. The second-order valence-electron chi connectivity index (χ2n) is 5.13. The van der Waals surface area contributed by atoms with Gasteiger partial charge in [0.15, 0.2) is 5.82 Å². The summed E-state index contributed by atoms with van der Waals surface area (Å²) >= 11 is 0. The van der Waals surface area contributed by atoms with Gasteiger partial charge in [-0.2, -0.15) is 0 Å². The topological polar surface area (TPSA) is 52.0 Å². The molecule has 0 aliphatic carbocycles. The molecule has 102 valence electrons. The lowest BCUT2D eigenvalue weighted by Crippen LogP contribution is -2.21. The van der Waals surface area contributed by atoms with Gasteiger partial charge in [-0.1, -0.05) is 25.1 Å². The lowest BCUT2D eigenvalue weighted by Gasteiger charge is -2.05. The van der Waals surface area contributed by atoms with Crippen molar-refractivity contribution in [2.75, 3.05) is 0 Å². The van der Waals surface area contributed by atoms with E-state index in [0.717, 1.165) is 12.0 Å². The summed E-state index contributed by atoms with van der Waals surface area (Å²) in [6.45, 7) is 2.03. The van der Waals surface area contributed by atoms with Crippen LogP contribution in [-0.4, -0.2) is 15.3 Å². The minimum absolute atomic E-state index is 0.178. The molecule has 0 bridgehead atoms. The van der Waals surface area contributed by atoms with E-state index < -0.39 is 0 Å². The van der Waals surface area contributed by atoms with E-state index in [1.165, 1.54) is 4.57 Å². The average Bonchev–Trinajstić information content (AvgIpc) is 2.80. The van der Waals surface area contributed by atoms with E-state index in [9.17, 15) is 9.59 Å². The minimum atomic E-state index is -0.188. The summed E-state index contributed by atoms with van der Waals surface area (Å²) in [7, 11) is 0. The van der Waals surface area contributed by atoms with Crippen LogP contribution < -0.4 is 5.56 Å². The highest BCUT2D eigenvalue weighted by Gasteiger charge is 2.30. The van der Waals surface area contributed by atoms with Crippen LogP contribution in [0.5, 0.6) is 0 Å². The molecule has 4 rings (SSSR count). The zero-order chi connectivity index (χ0) is 14.6. The first-order chi connectivity index (χ1) is 10.2. The lowest BCUT2D eigenvalue weighted by atomic mass is 10.1. The molecule has 2 aromatic carbocycles. The van der Waals surface area contributed by atoms with E-state index >= 15 is 0 Å². The maximum absolute atomic E-state index is 12.7. The minimum Gasteiger partial charge on any atom is -0.285 e. The molecular formula is C17H12N2O2. The summed E-state index contributed by atoms with van der Waals surface area (Å²) in [5.41, 5.74) is 2.65. The van der Waals surface area contributed by atoms with Gasteiger partial charge in [0.05, 0.1) is 22.2 Å². The predicted molar refractivity (Wildman–Crippen MR) is 80.2 cm³/mol. The fraction of sp³-hybridized carbons (Fsp3) is 0.118. The number of benzene rings is 2. The van der Waals surface area contributed by atoms with Crippen LogP contribution in [0.1, 0.15) is 28.7 Å². The van der Waals surface area contributed by atoms with Crippen LogP contribution in [0.25, 0.3) is 16.6 Å². The number of aromatic nitrogens is 2. The molecule has 1 aliphatic heterocycles. The number of hydrogen-bond donors (Lipinski definition) is 0. The van der Waals surface area contributed by atoms with Gasteiger partial charge in [0.1, 0.15) is 0 Å². The fourth-order valence-electron chi connectivity index (χ4n) is 2.81. The Balaban J connectivity index is 2.13. The number of fused-ring (bicyclic) bond motifs is 4. The first kappa shape index (κ1) is 12.0. The molecule has 0 fully saturated rings. The van der Waals surface area contributed by atoms with Gasteiger partial charge in [-0.15, -0.1) is 0 Å². The number of hydrogen-bond acceptors (Lipinski definition) is 3. The predicted octanol–water partition coefficient (Wildman–Crippen LogP) is 2.49. The SMILES string of the molecule is CCc1ccc2c(c1)C(=O)c1nc3ccccc3c(=O)n1-2. The van der Waals surface area contributed by atoms with Gasteiger partial charge in [0.2, 0.25) is 5.78 Å². The molecule has 1 aliphatic rings. The van der Waals surface area contributed by atoms with Crippen molar-refractivity contribution in [1.82, 2.24) is 9.55 Å². The van der Waals surface area contributed by atoms with Gasteiger partial charge in [-0.05, 0) is 36.2 Å². The summed E-state index contributed by atoms with van der Waals surface area (Å²) < 4.78 is 1.43. The highest BCUT2D eigenvalue weighted by molar-refractivity contribution is 6.13. The van der Waals surface area contributed by atoms with E-state index in [0.29, 0.717) is 22.2 Å². The highest BCUT2D eigenvalue weighted by Crippen LogP contribution is 2.27. The van der Waals surface area contributed by atoms with Crippen molar-refractivity contribution in [2.45, 2.75) is 13.3 Å². The van der Waals surface area contributed by atoms with Crippen LogP contribution in [0.3, 0.4) is 0 Å². The summed E-state index contributed by atoms with van der Waals surface area (Å²) in [4.78, 5) is 29.6. The van der Waals surface area contributed by atoms with E-state index in [2.05, 4.69) is 4.98 Å². The highest BCUT2D eigenvalue weighted by atomic mass is 16.1. The summed E-state index contributed by atoms with van der Waals surface area (Å²) in [5, 5.41) is 0.529. The van der Waals surface area contributed by atoms with Crippen LogP contribution in [-0.2, 0) is 6.42 Å². The summed E-state index contributed by atoms with van der Waals surface area (Å²) in [6, 6.07) is 12.7. The van der Waals surface area contributed by atoms with Crippen LogP contribution in [0.4, 0.5) is 0 Å². The Labute approximate surface area is 120 Å². The maximum atomic E-state index is 12.7. The Bertz CT molecular complexity index is 970. The van der Waals surface area contributed by atoms with Crippen molar-refractivity contribution in [2.24, 2.45) is 0 Å². The molecule has 2 heterocycles. The molecule has 0 radical (unpaired) electrons. The molecule has 0 amide bonds. The molecule has 3 aromatic rings. The first-order valence-corrected chi connectivity index (χ1v) is 6.90. The van der Waals surface area contributed by atoms with Crippen molar-refractivity contribution >= 4 is 16.7 Å². The second-order valence-corrected chi connectivity index (χ2v) is 5.13. The van der Waals surface area contributed by atoms with Gasteiger partial charge >= 0.3 is 0 Å². The molecular weight excluding hydrogens is 264 g/mol. The van der Waals surface area contributed by atoms with Gasteiger partial charge in [-0.3, -0.25) is 14.2 Å². The number of para-hydroxylation sites is 1. The molecule has 1 aromatic heterocycles. The monoisotopic (exact) mass is 276 g/mol. The van der Waals surface area contributed by atoms with Crippen LogP contribution in [0.15, 0.2) is 47.3 Å². The number of ketones is 1. The standard InChI is InChI=1S/C17H12N2O2/c1-2-10-7-8-14-12(9-10)15(20)16-18-13-6-4-3-5-11(13)17(21)19(14)16/h3-9H,2H2,1H3. The van der Waals surface area contributed by atoms with Crippen molar-refractivity contribution in [3.05, 3.63) is 69.8 Å². The number of carbonyl (C=O) groups is 1. The number of nitrogens with zero attached hydrogens (tertiary/aromatic N) is 2. The zero-order valence-electron chi connectivity index (χ0n) is 11.5. The third kappa shape index (κ3) is 1.53. The van der Waals surface area contributed by atoms with Crippen LogP contribution in [0.2, 0.25) is 0 Å². The third-order valence-electron chi connectivity index (χ3n) is 3.93. The molecule has 21 heavy (non-hydrogen) atoms. The van der Waals surface area contributed by atoms with E-state index in [1.807, 2.05) is 31.2 Å². The number of carbonyl (C=O) groups excluding carboxylic acids is 1. The summed E-state index contributed by atoms with van der Waals surface area (Å²) in [5.74, 6) is 0.0325. The van der Waals surface area contributed by atoms with Gasteiger partial charge in [0.25, 0.3) is 5.56 Å².